The van der Waals surface area contributed by atoms with Crippen molar-refractivity contribution in [3.8, 4) is 5.75 Å². The van der Waals surface area contributed by atoms with Gasteiger partial charge in [-0.15, -0.1) is 0 Å². The predicted molar refractivity (Wildman–Crippen MR) is 68.5 cm³/mol. The highest BCUT2D eigenvalue weighted by molar-refractivity contribution is 5.95. The largest absolute Gasteiger partial charge is 0.486 e. The first-order valence-corrected chi connectivity index (χ1v) is 5.91. The molecule has 21 heavy (non-hydrogen) atoms. The van der Waals surface area contributed by atoms with E-state index in [1.165, 1.54) is 0 Å². The van der Waals surface area contributed by atoms with Crippen molar-refractivity contribution >= 4 is 5.91 Å². The van der Waals surface area contributed by atoms with Gasteiger partial charge < -0.3 is 10.5 Å². The van der Waals surface area contributed by atoms with E-state index in [4.69, 9.17) is 10.5 Å². The van der Waals surface area contributed by atoms with Gasteiger partial charge in [-0.2, -0.15) is 13.2 Å². The third kappa shape index (κ3) is 3.71. The van der Waals surface area contributed by atoms with E-state index in [-0.39, 0.29) is 17.9 Å². The number of halogens is 3. The molecule has 1 aromatic carbocycles. The summed E-state index contributed by atoms with van der Waals surface area (Å²) in [6.45, 7) is 0.0203. The molecule has 1 amide bonds. The van der Waals surface area contributed by atoms with Gasteiger partial charge in [-0.25, -0.2) is 0 Å². The summed E-state index contributed by atoms with van der Waals surface area (Å²) in [5, 5.41) is 0. The summed E-state index contributed by atoms with van der Waals surface area (Å²) in [6.07, 6.45) is -3.00. The fraction of sp³-hybridized carbons (Fsp3) is 0.143. The highest BCUT2D eigenvalue weighted by atomic mass is 19.4. The van der Waals surface area contributed by atoms with Crippen molar-refractivity contribution < 1.29 is 22.7 Å². The molecule has 0 bridgehead atoms. The molecule has 0 fully saturated rings. The molecule has 0 atom stereocenters. The standard InChI is InChI=1S/C14H11F3N2O2/c15-14(16,17)9-4-5-12(11(7-9)13(18)20)21-8-10-3-1-2-6-19-10/h1-7H,8H2,(H2,18,20). The third-order valence-electron chi connectivity index (χ3n) is 2.67. The Morgan fingerprint density at radius 3 is 2.57 bits per heavy atom. The Labute approximate surface area is 118 Å². The minimum absolute atomic E-state index is 0.0128. The van der Waals surface area contributed by atoms with Crippen LogP contribution in [-0.2, 0) is 12.8 Å². The summed E-state index contributed by atoms with van der Waals surface area (Å²) in [7, 11) is 0. The van der Waals surface area contributed by atoms with Gasteiger partial charge in [0, 0.05) is 6.20 Å². The lowest BCUT2D eigenvalue weighted by Crippen LogP contribution is -2.15. The smallest absolute Gasteiger partial charge is 0.416 e. The molecule has 0 aliphatic carbocycles. The van der Waals surface area contributed by atoms with Gasteiger partial charge in [-0.05, 0) is 30.3 Å². The summed E-state index contributed by atoms with van der Waals surface area (Å²) < 4.78 is 43.2. The monoisotopic (exact) mass is 296 g/mol. The van der Waals surface area contributed by atoms with Gasteiger partial charge in [-0.3, -0.25) is 9.78 Å². The predicted octanol–water partition coefficient (Wildman–Crippen LogP) is 2.78. The van der Waals surface area contributed by atoms with Crippen LogP contribution >= 0.6 is 0 Å². The number of pyridine rings is 1. The van der Waals surface area contributed by atoms with Crippen molar-refractivity contribution in [3.63, 3.8) is 0 Å². The minimum Gasteiger partial charge on any atom is -0.486 e. The number of ether oxygens (including phenoxy) is 1. The van der Waals surface area contributed by atoms with E-state index >= 15 is 0 Å². The van der Waals surface area contributed by atoms with Crippen LogP contribution in [0.4, 0.5) is 13.2 Å². The van der Waals surface area contributed by atoms with Crippen LogP contribution in [0.1, 0.15) is 21.6 Å². The second kappa shape index (κ2) is 5.82. The van der Waals surface area contributed by atoms with E-state index < -0.39 is 17.6 Å². The van der Waals surface area contributed by atoms with Crippen molar-refractivity contribution in [2.24, 2.45) is 5.73 Å². The molecule has 0 unspecified atom stereocenters. The summed E-state index contributed by atoms with van der Waals surface area (Å²) in [4.78, 5) is 15.3. The highest BCUT2D eigenvalue weighted by Crippen LogP contribution is 2.32. The van der Waals surface area contributed by atoms with E-state index in [9.17, 15) is 18.0 Å². The summed E-state index contributed by atoms with van der Waals surface area (Å²) >= 11 is 0. The number of amides is 1. The van der Waals surface area contributed by atoms with Gasteiger partial charge >= 0.3 is 6.18 Å². The van der Waals surface area contributed by atoms with Crippen molar-refractivity contribution in [2.45, 2.75) is 12.8 Å². The van der Waals surface area contributed by atoms with Gasteiger partial charge in [0.25, 0.3) is 5.91 Å². The number of carbonyl (C=O) groups excluding carboxylic acids is 1. The molecule has 0 saturated carbocycles. The second-order valence-electron chi connectivity index (χ2n) is 4.18. The van der Waals surface area contributed by atoms with Crippen molar-refractivity contribution in [1.82, 2.24) is 4.98 Å². The first-order valence-electron chi connectivity index (χ1n) is 5.91. The van der Waals surface area contributed by atoms with Crippen LogP contribution in [0.3, 0.4) is 0 Å². The van der Waals surface area contributed by atoms with E-state index in [2.05, 4.69) is 4.98 Å². The second-order valence-corrected chi connectivity index (χ2v) is 4.18. The van der Waals surface area contributed by atoms with Crippen LogP contribution in [0, 0.1) is 0 Å². The van der Waals surface area contributed by atoms with Crippen molar-refractivity contribution in [2.75, 3.05) is 0 Å². The van der Waals surface area contributed by atoms with E-state index in [1.807, 2.05) is 0 Å². The van der Waals surface area contributed by atoms with E-state index in [0.717, 1.165) is 12.1 Å². The summed E-state index contributed by atoms with van der Waals surface area (Å²) in [5.74, 6) is -1.00. The molecule has 0 radical (unpaired) electrons. The lowest BCUT2D eigenvalue weighted by Gasteiger charge is -2.12. The molecule has 2 N–H and O–H groups in total. The Balaban J connectivity index is 2.25. The number of benzene rings is 1. The molecule has 2 aromatic rings. The van der Waals surface area contributed by atoms with E-state index in [1.54, 1.807) is 24.4 Å². The SMILES string of the molecule is NC(=O)c1cc(C(F)(F)F)ccc1OCc1ccccn1. The molecule has 4 nitrogen and oxygen atoms in total. The molecular formula is C14H11F3N2O2. The van der Waals surface area contributed by atoms with Crippen molar-refractivity contribution in [1.29, 1.82) is 0 Å². The lowest BCUT2D eigenvalue weighted by molar-refractivity contribution is -0.137. The number of primary amides is 1. The zero-order valence-corrected chi connectivity index (χ0v) is 10.7. The number of nitrogens with two attached hydrogens (primary N) is 1. The maximum atomic E-state index is 12.6. The maximum Gasteiger partial charge on any atom is 0.416 e. The Morgan fingerprint density at radius 2 is 2.00 bits per heavy atom. The molecule has 0 aliphatic rings. The number of rotatable bonds is 4. The van der Waals surface area contributed by atoms with Gasteiger partial charge in [0.2, 0.25) is 0 Å². The average molecular weight is 296 g/mol. The first kappa shape index (κ1) is 14.8. The zero-order valence-electron chi connectivity index (χ0n) is 10.7. The topological polar surface area (TPSA) is 65.2 Å². The van der Waals surface area contributed by atoms with Gasteiger partial charge in [0.05, 0.1) is 16.8 Å². The molecule has 0 spiro atoms. The van der Waals surface area contributed by atoms with Crippen LogP contribution in [0.25, 0.3) is 0 Å². The van der Waals surface area contributed by atoms with Crippen LogP contribution in [-0.4, -0.2) is 10.9 Å². The Hall–Kier alpha value is -2.57. The molecular weight excluding hydrogens is 285 g/mol. The number of carbonyl (C=O) groups is 1. The fourth-order valence-electron chi connectivity index (χ4n) is 1.66. The highest BCUT2D eigenvalue weighted by Gasteiger charge is 2.31. The molecule has 2 rings (SSSR count). The summed E-state index contributed by atoms with van der Waals surface area (Å²) in [5.41, 5.74) is 4.39. The number of hydrogen-bond donors (Lipinski definition) is 1. The Morgan fingerprint density at radius 1 is 1.24 bits per heavy atom. The van der Waals surface area contributed by atoms with Gasteiger partial charge in [0.1, 0.15) is 12.4 Å². The molecule has 0 saturated heterocycles. The quantitative estimate of drug-likeness (QED) is 0.943. The number of alkyl halides is 3. The minimum atomic E-state index is -4.55. The van der Waals surface area contributed by atoms with Gasteiger partial charge in [-0.1, -0.05) is 6.07 Å². The van der Waals surface area contributed by atoms with Crippen LogP contribution < -0.4 is 10.5 Å². The first-order chi connectivity index (χ1) is 9.88. The number of aromatic nitrogens is 1. The average Bonchev–Trinajstić information content (AvgIpc) is 2.45. The fourth-order valence-corrected chi connectivity index (χ4v) is 1.66. The number of nitrogens with zero attached hydrogens (tertiary/aromatic N) is 1. The van der Waals surface area contributed by atoms with Gasteiger partial charge in [0.15, 0.2) is 0 Å². The van der Waals surface area contributed by atoms with E-state index in [0.29, 0.717) is 11.8 Å². The molecule has 110 valence electrons. The van der Waals surface area contributed by atoms with Crippen LogP contribution in [0.2, 0.25) is 0 Å². The lowest BCUT2D eigenvalue weighted by atomic mass is 10.1. The maximum absolute atomic E-state index is 12.6. The number of hydrogen-bond acceptors (Lipinski definition) is 3. The third-order valence-corrected chi connectivity index (χ3v) is 2.67. The zero-order chi connectivity index (χ0) is 15.5. The summed E-state index contributed by atoms with van der Waals surface area (Å²) in [6, 6.07) is 7.74. The molecule has 1 heterocycles. The van der Waals surface area contributed by atoms with Crippen LogP contribution in [0.15, 0.2) is 42.6 Å². The molecule has 1 aromatic heterocycles. The normalized spacial score (nSPS) is 11.2. The van der Waals surface area contributed by atoms with Crippen molar-refractivity contribution in [3.05, 3.63) is 59.4 Å². The molecule has 7 heteroatoms. The Bertz CT molecular complexity index is 642. The Kier molecular flexibility index (Phi) is 4.11. The molecule has 0 aliphatic heterocycles. The van der Waals surface area contributed by atoms with Crippen LogP contribution in [0.5, 0.6) is 5.75 Å².